The van der Waals surface area contributed by atoms with Gasteiger partial charge in [-0.05, 0) is 54.2 Å². The summed E-state index contributed by atoms with van der Waals surface area (Å²) in [7, 11) is 0. The number of rotatable bonds is 5. The summed E-state index contributed by atoms with van der Waals surface area (Å²) >= 11 is 0. The largest absolute Gasteiger partial charge is 0.573 e. The highest BCUT2D eigenvalue weighted by molar-refractivity contribution is 5.94. The van der Waals surface area contributed by atoms with Crippen molar-refractivity contribution in [1.82, 2.24) is 9.88 Å². The Labute approximate surface area is 188 Å². The molecular formula is C24H22F3N3O3. The lowest BCUT2D eigenvalue weighted by Crippen LogP contribution is -2.33. The lowest BCUT2D eigenvalue weighted by Gasteiger charge is -2.26. The Hall–Kier alpha value is -3.62. The van der Waals surface area contributed by atoms with E-state index in [1.165, 1.54) is 18.2 Å². The van der Waals surface area contributed by atoms with Crippen LogP contribution in [-0.2, 0) is 22.4 Å². The number of amides is 2. The fourth-order valence-corrected chi connectivity index (χ4v) is 3.83. The third-order valence-electron chi connectivity index (χ3n) is 5.52. The van der Waals surface area contributed by atoms with Crippen LogP contribution in [0.15, 0.2) is 54.3 Å². The molecule has 1 N–H and O–H groups in total. The summed E-state index contributed by atoms with van der Waals surface area (Å²) in [5, 5.41) is 2.72. The Morgan fingerprint density at radius 2 is 2.03 bits per heavy atom. The summed E-state index contributed by atoms with van der Waals surface area (Å²) in [6.45, 7) is 0.862. The number of benzene rings is 1. The van der Waals surface area contributed by atoms with E-state index in [0.717, 1.165) is 16.7 Å². The smallest absolute Gasteiger partial charge is 0.405 e. The summed E-state index contributed by atoms with van der Waals surface area (Å²) in [4.78, 5) is 29.9. The molecule has 0 saturated carbocycles. The van der Waals surface area contributed by atoms with Crippen LogP contribution >= 0.6 is 0 Å². The second-order valence-corrected chi connectivity index (χ2v) is 7.89. The molecule has 0 radical (unpaired) electrons. The number of halogens is 3. The van der Waals surface area contributed by atoms with Gasteiger partial charge in [-0.2, -0.15) is 0 Å². The van der Waals surface area contributed by atoms with Gasteiger partial charge in [0.25, 0.3) is 0 Å². The topological polar surface area (TPSA) is 71.5 Å². The predicted molar refractivity (Wildman–Crippen MR) is 116 cm³/mol. The zero-order valence-corrected chi connectivity index (χ0v) is 17.7. The van der Waals surface area contributed by atoms with Gasteiger partial charge < -0.3 is 15.0 Å². The number of aromatic nitrogens is 1. The standard InChI is InChI=1S/C24H22F3N3O3/c25-24(26,27)33-20-4-2-1-3-18(20)13-16-9-11-30(12-10-16)22(32)8-5-17-14-19-6-7-21(31)29-23(19)28-15-17/h1-5,8-9,14-15H,6-7,10-13H2,(H,28,29,31)/b8-5+. The van der Waals surface area contributed by atoms with Gasteiger partial charge in [0.2, 0.25) is 11.8 Å². The van der Waals surface area contributed by atoms with E-state index in [1.54, 1.807) is 29.3 Å². The first-order valence-electron chi connectivity index (χ1n) is 10.5. The highest BCUT2D eigenvalue weighted by Crippen LogP contribution is 2.29. The number of carbonyl (C=O) groups excluding carboxylic acids is 2. The molecule has 1 aromatic heterocycles. The monoisotopic (exact) mass is 457 g/mol. The number of para-hydroxylation sites is 1. The minimum absolute atomic E-state index is 0.0534. The highest BCUT2D eigenvalue weighted by Gasteiger charge is 2.32. The molecule has 4 rings (SSSR count). The van der Waals surface area contributed by atoms with Gasteiger partial charge in [-0.1, -0.05) is 29.8 Å². The maximum atomic E-state index is 12.6. The summed E-state index contributed by atoms with van der Waals surface area (Å²) < 4.78 is 42.0. The van der Waals surface area contributed by atoms with E-state index >= 15 is 0 Å². The Morgan fingerprint density at radius 3 is 2.79 bits per heavy atom. The minimum atomic E-state index is -4.74. The van der Waals surface area contributed by atoms with Crippen molar-refractivity contribution in [1.29, 1.82) is 0 Å². The summed E-state index contributed by atoms with van der Waals surface area (Å²) in [5.41, 5.74) is 3.12. The number of nitrogens with zero attached hydrogens (tertiary/aromatic N) is 2. The molecule has 0 saturated heterocycles. The van der Waals surface area contributed by atoms with Gasteiger partial charge in [0.1, 0.15) is 11.6 Å². The Balaban J connectivity index is 1.35. The number of carbonyl (C=O) groups is 2. The summed E-state index contributed by atoms with van der Waals surface area (Å²) in [6, 6.07) is 7.99. The van der Waals surface area contributed by atoms with Crippen molar-refractivity contribution in [3.63, 3.8) is 0 Å². The van der Waals surface area contributed by atoms with Gasteiger partial charge >= 0.3 is 6.36 Å². The van der Waals surface area contributed by atoms with Crippen molar-refractivity contribution in [2.45, 2.75) is 32.0 Å². The van der Waals surface area contributed by atoms with Crippen molar-refractivity contribution < 1.29 is 27.5 Å². The van der Waals surface area contributed by atoms with Gasteiger partial charge in [-0.3, -0.25) is 9.59 Å². The zero-order valence-electron chi connectivity index (χ0n) is 17.7. The second kappa shape index (κ2) is 9.48. The van der Waals surface area contributed by atoms with E-state index in [0.29, 0.717) is 50.2 Å². The number of anilines is 1. The molecule has 33 heavy (non-hydrogen) atoms. The first kappa shape index (κ1) is 22.6. The second-order valence-electron chi connectivity index (χ2n) is 7.89. The van der Waals surface area contributed by atoms with Crippen LogP contribution in [0.3, 0.4) is 0 Å². The lowest BCUT2D eigenvalue weighted by molar-refractivity contribution is -0.274. The molecule has 172 valence electrons. The molecule has 0 atom stereocenters. The van der Waals surface area contributed by atoms with Crippen LogP contribution in [0.25, 0.3) is 6.08 Å². The van der Waals surface area contributed by atoms with Crippen molar-refractivity contribution in [3.8, 4) is 5.75 Å². The molecule has 1 aromatic carbocycles. The van der Waals surface area contributed by atoms with E-state index in [2.05, 4.69) is 15.0 Å². The average Bonchev–Trinajstić information content (AvgIpc) is 2.78. The van der Waals surface area contributed by atoms with Crippen LogP contribution < -0.4 is 10.1 Å². The zero-order chi connectivity index (χ0) is 23.4. The first-order chi connectivity index (χ1) is 15.8. The lowest BCUT2D eigenvalue weighted by atomic mass is 9.99. The molecule has 0 aliphatic carbocycles. The molecule has 2 amide bonds. The molecule has 6 nitrogen and oxygen atoms in total. The Kier molecular flexibility index (Phi) is 6.48. The van der Waals surface area contributed by atoms with Crippen LogP contribution in [0.2, 0.25) is 0 Å². The van der Waals surface area contributed by atoms with Gasteiger partial charge in [0, 0.05) is 31.8 Å². The Bertz CT molecular complexity index is 1130. The maximum Gasteiger partial charge on any atom is 0.573 e. The predicted octanol–water partition coefficient (Wildman–Crippen LogP) is 4.28. The number of ether oxygens (including phenoxy) is 1. The van der Waals surface area contributed by atoms with E-state index in [-0.39, 0.29) is 17.6 Å². The SMILES string of the molecule is O=C1CCc2cc(/C=C/C(=O)N3CC=C(Cc4ccccc4OC(F)(F)F)CC3)cnc2N1. The normalized spacial score (nSPS) is 16.3. The van der Waals surface area contributed by atoms with Crippen LogP contribution in [0.4, 0.5) is 19.0 Å². The molecule has 2 aliphatic rings. The fourth-order valence-electron chi connectivity index (χ4n) is 3.83. The number of pyridine rings is 1. The molecule has 3 heterocycles. The molecule has 0 fully saturated rings. The minimum Gasteiger partial charge on any atom is -0.405 e. The average molecular weight is 457 g/mol. The molecule has 9 heteroatoms. The van der Waals surface area contributed by atoms with Crippen molar-refractivity contribution in [2.24, 2.45) is 0 Å². The maximum absolute atomic E-state index is 12.6. The van der Waals surface area contributed by atoms with Gasteiger partial charge in [-0.25, -0.2) is 4.98 Å². The molecular weight excluding hydrogens is 435 g/mol. The fraction of sp³-hybridized carbons (Fsp3) is 0.292. The third kappa shape index (κ3) is 6.00. The number of aryl methyl sites for hydroxylation is 1. The van der Waals surface area contributed by atoms with E-state index in [1.807, 2.05) is 12.1 Å². The number of alkyl halides is 3. The number of hydrogen-bond acceptors (Lipinski definition) is 4. The molecule has 2 aliphatic heterocycles. The molecule has 0 bridgehead atoms. The molecule has 0 unspecified atom stereocenters. The number of fused-ring (bicyclic) bond motifs is 1. The van der Waals surface area contributed by atoms with Crippen molar-refractivity contribution in [2.75, 3.05) is 18.4 Å². The molecule has 2 aromatic rings. The van der Waals surface area contributed by atoms with Gasteiger partial charge in [0.15, 0.2) is 0 Å². The highest BCUT2D eigenvalue weighted by atomic mass is 19.4. The Morgan fingerprint density at radius 1 is 1.21 bits per heavy atom. The summed E-state index contributed by atoms with van der Waals surface area (Å²) in [6.07, 6.45) is 3.84. The third-order valence-corrected chi connectivity index (χ3v) is 5.52. The van der Waals surface area contributed by atoms with Crippen molar-refractivity contribution in [3.05, 3.63) is 70.9 Å². The van der Waals surface area contributed by atoms with E-state index in [4.69, 9.17) is 0 Å². The van der Waals surface area contributed by atoms with Crippen LogP contribution in [-0.4, -0.2) is 41.2 Å². The quantitative estimate of drug-likeness (QED) is 0.538. The van der Waals surface area contributed by atoms with E-state index in [9.17, 15) is 22.8 Å². The van der Waals surface area contributed by atoms with Crippen LogP contribution in [0.1, 0.15) is 29.5 Å². The molecule has 0 spiro atoms. The van der Waals surface area contributed by atoms with Crippen molar-refractivity contribution >= 4 is 23.7 Å². The van der Waals surface area contributed by atoms with Crippen LogP contribution in [0, 0.1) is 0 Å². The summed E-state index contributed by atoms with van der Waals surface area (Å²) in [5.74, 6) is 0.149. The number of hydrogen-bond donors (Lipinski definition) is 1. The first-order valence-corrected chi connectivity index (χ1v) is 10.5. The van der Waals surface area contributed by atoms with E-state index < -0.39 is 6.36 Å². The van der Waals surface area contributed by atoms with Gasteiger partial charge in [0.05, 0.1) is 0 Å². The van der Waals surface area contributed by atoms with Crippen LogP contribution in [0.5, 0.6) is 5.75 Å². The number of nitrogens with one attached hydrogen (secondary N) is 1. The van der Waals surface area contributed by atoms with Gasteiger partial charge in [-0.15, -0.1) is 13.2 Å².